The Morgan fingerprint density at radius 2 is 1.69 bits per heavy atom. The van der Waals surface area contributed by atoms with Crippen LogP contribution in [0.2, 0.25) is 0 Å². The van der Waals surface area contributed by atoms with E-state index in [9.17, 15) is 4.79 Å². The van der Waals surface area contributed by atoms with E-state index in [1.165, 1.54) is 22.3 Å². The Kier molecular flexibility index (Phi) is 6.04. The third kappa shape index (κ3) is 4.91. The summed E-state index contributed by atoms with van der Waals surface area (Å²) in [6.45, 7) is 3.04. The van der Waals surface area contributed by atoms with Crippen molar-refractivity contribution in [3.8, 4) is 11.1 Å². The normalized spacial score (nSPS) is 20.8. The summed E-state index contributed by atoms with van der Waals surface area (Å²) >= 11 is 0. The molecule has 0 atom stereocenters. The van der Waals surface area contributed by atoms with Gasteiger partial charge in [0.25, 0.3) is 5.91 Å². The van der Waals surface area contributed by atoms with Crippen LogP contribution in [0, 0.1) is 6.92 Å². The fraction of sp³-hybridized carbons (Fsp3) is 0.423. The third-order valence-electron chi connectivity index (χ3n) is 6.73. The van der Waals surface area contributed by atoms with Crippen molar-refractivity contribution < 1.29 is 4.79 Å². The summed E-state index contributed by atoms with van der Waals surface area (Å²) in [5, 5.41) is 15.0. The predicted octanol–water partition coefficient (Wildman–Crippen LogP) is 4.42. The van der Waals surface area contributed by atoms with E-state index >= 15 is 0 Å². The molecule has 0 bridgehead atoms. The number of carbonyl (C=O) groups is 1. The van der Waals surface area contributed by atoms with Crippen molar-refractivity contribution in [2.24, 2.45) is 0 Å². The molecular weight excluding hydrogens is 398 g/mol. The number of nitrogens with one attached hydrogen (secondary N) is 2. The maximum Gasteiger partial charge on any atom is 0.273 e. The van der Waals surface area contributed by atoms with Crippen molar-refractivity contribution in [1.82, 2.24) is 25.6 Å². The molecule has 2 N–H and O–H groups in total. The summed E-state index contributed by atoms with van der Waals surface area (Å²) in [6, 6.07) is 18.6. The monoisotopic (exact) mass is 429 g/mol. The van der Waals surface area contributed by atoms with Crippen LogP contribution in [0.4, 0.5) is 0 Å². The maximum absolute atomic E-state index is 12.1. The van der Waals surface area contributed by atoms with Crippen molar-refractivity contribution in [2.75, 3.05) is 0 Å². The smallest absolute Gasteiger partial charge is 0.273 e. The van der Waals surface area contributed by atoms with E-state index in [1.54, 1.807) is 0 Å². The minimum atomic E-state index is -0.0949. The molecule has 3 aromatic rings. The molecule has 0 saturated heterocycles. The highest BCUT2D eigenvalue weighted by Gasteiger charge is 2.27. The van der Waals surface area contributed by atoms with E-state index in [-0.39, 0.29) is 5.91 Å². The van der Waals surface area contributed by atoms with Gasteiger partial charge in [0, 0.05) is 18.6 Å². The average molecular weight is 430 g/mol. The summed E-state index contributed by atoms with van der Waals surface area (Å²) < 4.78 is 1.89. The molecule has 2 aliphatic rings. The summed E-state index contributed by atoms with van der Waals surface area (Å²) in [5.41, 5.74) is 5.62. The zero-order chi connectivity index (χ0) is 21.9. The molecule has 6 heteroatoms. The van der Waals surface area contributed by atoms with Crippen molar-refractivity contribution >= 4 is 5.91 Å². The van der Waals surface area contributed by atoms with Crippen LogP contribution in [0.25, 0.3) is 11.1 Å². The molecule has 2 saturated carbocycles. The first kappa shape index (κ1) is 20.9. The Hall–Kier alpha value is -2.99. The zero-order valence-electron chi connectivity index (χ0n) is 18.6. The highest BCUT2D eigenvalue weighted by Crippen LogP contribution is 2.28. The van der Waals surface area contributed by atoms with Crippen LogP contribution in [0.5, 0.6) is 0 Å². The molecule has 1 heterocycles. The second kappa shape index (κ2) is 9.25. The lowest BCUT2D eigenvalue weighted by Gasteiger charge is -2.29. The van der Waals surface area contributed by atoms with Crippen LogP contribution >= 0.6 is 0 Å². The fourth-order valence-corrected chi connectivity index (χ4v) is 4.55. The van der Waals surface area contributed by atoms with Crippen LogP contribution in [-0.4, -0.2) is 33.0 Å². The van der Waals surface area contributed by atoms with Gasteiger partial charge in [0.2, 0.25) is 0 Å². The second-order valence-corrected chi connectivity index (χ2v) is 9.23. The largest absolute Gasteiger partial charge is 0.348 e. The van der Waals surface area contributed by atoms with Crippen LogP contribution < -0.4 is 10.6 Å². The molecule has 1 amide bonds. The lowest BCUT2D eigenvalue weighted by atomic mass is 9.91. The van der Waals surface area contributed by atoms with E-state index in [1.807, 2.05) is 10.9 Å². The summed E-state index contributed by atoms with van der Waals surface area (Å²) in [4.78, 5) is 12.1. The molecule has 1 aromatic heterocycles. The SMILES string of the molecule is Cc1ccccc1-c1ccc(CNC2CCC(n3cc(C(=O)NC4CC4)nn3)CC2)cc1. The molecule has 5 rings (SSSR count). The number of rotatable bonds is 7. The predicted molar refractivity (Wildman–Crippen MR) is 125 cm³/mol. The van der Waals surface area contributed by atoms with Gasteiger partial charge in [-0.15, -0.1) is 5.10 Å². The minimum Gasteiger partial charge on any atom is -0.348 e. The van der Waals surface area contributed by atoms with Gasteiger partial charge in [-0.3, -0.25) is 4.79 Å². The molecule has 2 aromatic carbocycles. The van der Waals surface area contributed by atoms with Crippen molar-refractivity contribution in [2.45, 2.75) is 70.1 Å². The molecule has 0 spiro atoms. The number of hydrogen-bond donors (Lipinski definition) is 2. The molecule has 0 unspecified atom stereocenters. The number of benzene rings is 2. The number of aryl methyl sites for hydroxylation is 1. The minimum absolute atomic E-state index is 0.0949. The summed E-state index contributed by atoms with van der Waals surface area (Å²) in [7, 11) is 0. The number of nitrogens with zero attached hydrogens (tertiary/aromatic N) is 3. The van der Waals surface area contributed by atoms with Gasteiger partial charge in [-0.25, -0.2) is 4.68 Å². The fourth-order valence-electron chi connectivity index (χ4n) is 4.55. The molecule has 0 aliphatic heterocycles. The standard InChI is InChI=1S/C26H31N5O/c1-18-4-2-3-5-24(18)20-8-6-19(7-9-20)16-27-21-12-14-23(15-13-21)31-17-25(29-30-31)26(32)28-22-10-11-22/h2-9,17,21-23,27H,10-16H2,1H3,(H,28,32). The Labute approximate surface area is 189 Å². The Bertz CT molecular complexity index is 1060. The highest BCUT2D eigenvalue weighted by atomic mass is 16.2. The van der Waals surface area contributed by atoms with Gasteiger partial charge in [-0.05, 0) is 67.7 Å². The average Bonchev–Trinajstić information content (AvgIpc) is 3.50. The molecule has 2 fully saturated rings. The summed E-state index contributed by atoms with van der Waals surface area (Å²) in [6.07, 6.45) is 8.28. The molecule has 6 nitrogen and oxygen atoms in total. The van der Waals surface area contributed by atoms with Gasteiger partial charge in [0.05, 0.1) is 12.2 Å². The Balaban J connectivity index is 1.10. The van der Waals surface area contributed by atoms with E-state index in [2.05, 4.69) is 76.4 Å². The third-order valence-corrected chi connectivity index (χ3v) is 6.73. The van der Waals surface area contributed by atoms with E-state index in [0.717, 1.165) is 45.1 Å². The summed E-state index contributed by atoms with van der Waals surface area (Å²) in [5.74, 6) is -0.0949. The van der Waals surface area contributed by atoms with E-state index < -0.39 is 0 Å². The molecule has 2 aliphatic carbocycles. The van der Waals surface area contributed by atoms with Gasteiger partial charge in [-0.2, -0.15) is 0 Å². The first-order valence-electron chi connectivity index (χ1n) is 11.8. The lowest BCUT2D eigenvalue weighted by molar-refractivity contribution is 0.0946. The quantitative estimate of drug-likeness (QED) is 0.583. The molecule has 166 valence electrons. The number of aromatic nitrogens is 3. The first-order valence-corrected chi connectivity index (χ1v) is 11.8. The highest BCUT2D eigenvalue weighted by molar-refractivity contribution is 5.92. The van der Waals surface area contributed by atoms with Crippen LogP contribution in [0.15, 0.2) is 54.7 Å². The van der Waals surface area contributed by atoms with Gasteiger partial charge >= 0.3 is 0 Å². The van der Waals surface area contributed by atoms with Crippen LogP contribution in [0.1, 0.15) is 66.2 Å². The maximum atomic E-state index is 12.1. The van der Waals surface area contributed by atoms with Gasteiger partial charge in [0.15, 0.2) is 5.69 Å². The van der Waals surface area contributed by atoms with Crippen molar-refractivity contribution in [1.29, 1.82) is 0 Å². The van der Waals surface area contributed by atoms with Crippen LogP contribution in [-0.2, 0) is 6.54 Å². The Morgan fingerprint density at radius 3 is 2.41 bits per heavy atom. The molecule has 32 heavy (non-hydrogen) atoms. The van der Waals surface area contributed by atoms with Gasteiger partial charge < -0.3 is 10.6 Å². The second-order valence-electron chi connectivity index (χ2n) is 9.23. The Morgan fingerprint density at radius 1 is 0.969 bits per heavy atom. The molecule has 0 radical (unpaired) electrons. The van der Waals surface area contributed by atoms with E-state index in [0.29, 0.717) is 23.8 Å². The molecular formula is C26H31N5O. The number of amides is 1. The van der Waals surface area contributed by atoms with Crippen molar-refractivity contribution in [3.63, 3.8) is 0 Å². The van der Waals surface area contributed by atoms with Crippen LogP contribution in [0.3, 0.4) is 0 Å². The number of hydrogen-bond acceptors (Lipinski definition) is 4. The zero-order valence-corrected chi connectivity index (χ0v) is 18.6. The number of carbonyl (C=O) groups excluding carboxylic acids is 1. The van der Waals surface area contributed by atoms with Gasteiger partial charge in [-0.1, -0.05) is 53.7 Å². The van der Waals surface area contributed by atoms with Gasteiger partial charge in [0.1, 0.15) is 0 Å². The topological polar surface area (TPSA) is 71.8 Å². The lowest BCUT2D eigenvalue weighted by Crippen LogP contribution is -2.33. The first-order chi connectivity index (χ1) is 15.7. The van der Waals surface area contributed by atoms with E-state index in [4.69, 9.17) is 0 Å². The van der Waals surface area contributed by atoms with Crippen molar-refractivity contribution in [3.05, 3.63) is 71.5 Å².